The molecule has 1 amide bonds. The van der Waals surface area contributed by atoms with Crippen LogP contribution in [-0.4, -0.2) is 44.5 Å². The minimum atomic E-state index is 0.0664. The van der Waals surface area contributed by atoms with Gasteiger partial charge in [-0.15, -0.1) is 0 Å². The second kappa shape index (κ2) is 8.91. The van der Waals surface area contributed by atoms with Crippen LogP contribution in [0, 0.1) is 5.92 Å². The van der Waals surface area contributed by atoms with E-state index in [0.29, 0.717) is 12.3 Å². The largest absolute Gasteiger partial charge is 0.348 e. The molecule has 0 aromatic heterocycles. The Kier molecular flexibility index (Phi) is 6.87. The maximum Gasteiger partial charge on any atom is 0.220 e. The van der Waals surface area contributed by atoms with Gasteiger partial charge in [0.2, 0.25) is 5.91 Å². The number of likely N-dealkylation sites (N-methyl/N-ethyl adjacent to an activating group) is 1. The average molecular weight is 303 g/mol. The fourth-order valence-electron chi connectivity index (χ4n) is 3.06. The van der Waals surface area contributed by atoms with E-state index in [2.05, 4.69) is 27.7 Å². The molecule has 1 fully saturated rings. The van der Waals surface area contributed by atoms with Crippen molar-refractivity contribution < 1.29 is 4.79 Å². The third kappa shape index (κ3) is 5.78. The Morgan fingerprint density at radius 1 is 1.27 bits per heavy atom. The first-order chi connectivity index (χ1) is 10.6. The maximum atomic E-state index is 12.3. The molecule has 1 aliphatic heterocycles. The highest BCUT2D eigenvalue weighted by molar-refractivity contribution is 5.76. The molecular formula is C18H29N3O. The first-order valence-electron chi connectivity index (χ1n) is 8.35. The smallest absolute Gasteiger partial charge is 0.220 e. The van der Waals surface area contributed by atoms with Crippen molar-refractivity contribution in [1.29, 1.82) is 0 Å². The van der Waals surface area contributed by atoms with E-state index >= 15 is 0 Å². The second-order valence-corrected chi connectivity index (χ2v) is 6.53. The monoisotopic (exact) mass is 303 g/mol. The van der Waals surface area contributed by atoms with Gasteiger partial charge in [-0.25, -0.2) is 0 Å². The summed E-state index contributed by atoms with van der Waals surface area (Å²) in [6, 6.07) is 10.3. The van der Waals surface area contributed by atoms with E-state index in [9.17, 15) is 4.79 Å². The zero-order chi connectivity index (χ0) is 15.8. The molecular weight excluding hydrogens is 274 g/mol. The Morgan fingerprint density at radius 3 is 2.59 bits per heavy atom. The first-order valence-corrected chi connectivity index (χ1v) is 8.35. The van der Waals surface area contributed by atoms with Gasteiger partial charge in [0.05, 0.1) is 6.04 Å². The van der Waals surface area contributed by atoms with E-state index in [1.54, 1.807) is 0 Å². The van der Waals surface area contributed by atoms with E-state index in [1.165, 1.54) is 18.4 Å². The summed E-state index contributed by atoms with van der Waals surface area (Å²) in [4.78, 5) is 14.4. The molecule has 1 unspecified atom stereocenters. The van der Waals surface area contributed by atoms with E-state index < -0.39 is 0 Å². The molecule has 22 heavy (non-hydrogen) atoms. The van der Waals surface area contributed by atoms with Gasteiger partial charge in [-0.1, -0.05) is 30.3 Å². The molecule has 4 heteroatoms. The van der Waals surface area contributed by atoms with E-state index in [-0.39, 0.29) is 11.9 Å². The van der Waals surface area contributed by atoms with E-state index in [0.717, 1.165) is 26.1 Å². The third-order valence-corrected chi connectivity index (χ3v) is 4.32. The molecule has 0 spiro atoms. The van der Waals surface area contributed by atoms with Crippen LogP contribution in [0.4, 0.5) is 0 Å². The fourth-order valence-corrected chi connectivity index (χ4v) is 3.06. The topological polar surface area (TPSA) is 44.4 Å². The Morgan fingerprint density at radius 2 is 1.95 bits per heavy atom. The SMILES string of the molecule is CN(C)CC(NC(=O)CCC1CCNCC1)c1ccccc1. The van der Waals surface area contributed by atoms with Gasteiger partial charge in [0.1, 0.15) is 0 Å². The molecule has 4 nitrogen and oxygen atoms in total. The summed E-state index contributed by atoms with van der Waals surface area (Å²) in [7, 11) is 4.08. The lowest BCUT2D eigenvalue weighted by molar-refractivity contribution is -0.122. The van der Waals surface area contributed by atoms with Crippen molar-refractivity contribution in [1.82, 2.24) is 15.5 Å². The third-order valence-electron chi connectivity index (χ3n) is 4.32. The van der Waals surface area contributed by atoms with Crippen LogP contribution in [0.1, 0.15) is 37.3 Å². The number of nitrogens with one attached hydrogen (secondary N) is 2. The van der Waals surface area contributed by atoms with Gasteiger partial charge in [-0.2, -0.15) is 0 Å². The molecule has 0 bridgehead atoms. The number of amides is 1. The van der Waals surface area contributed by atoms with Gasteiger partial charge in [0.15, 0.2) is 0 Å². The number of benzene rings is 1. The fraction of sp³-hybridized carbons (Fsp3) is 0.611. The zero-order valence-electron chi connectivity index (χ0n) is 13.8. The lowest BCUT2D eigenvalue weighted by Gasteiger charge is -2.25. The number of carbonyl (C=O) groups is 1. The number of piperidine rings is 1. The Bertz CT molecular complexity index is 441. The highest BCUT2D eigenvalue weighted by atomic mass is 16.1. The molecule has 122 valence electrons. The minimum absolute atomic E-state index is 0.0664. The average Bonchev–Trinajstić information content (AvgIpc) is 2.54. The minimum Gasteiger partial charge on any atom is -0.348 e. The summed E-state index contributed by atoms with van der Waals surface area (Å²) in [6.45, 7) is 3.02. The van der Waals surface area contributed by atoms with E-state index in [4.69, 9.17) is 0 Å². The molecule has 1 aromatic rings. The number of rotatable bonds is 7. The van der Waals surface area contributed by atoms with Crippen LogP contribution < -0.4 is 10.6 Å². The van der Waals surface area contributed by atoms with Crippen molar-refractivity contribution in [3.05, 3.63) is 35.9 Å². The van der Waals surface area contributed by atoms with Crippen LogP contribution in [0.3, 0.4) is 0 Å². The Hall–Kier alpha value is -1.39. The van der Waals surface area contributed by atoms with Gasteiger partial charge in [-0.05, 0) is 57.9 Å². The van der Waals surface area contributed by atoms with Gasteiger partial charge in [-0.3, -0.25) is 4.79 Å². The summed E-state index contributed by atoms with van der Waals surface area (Å²) < 4.78 is 0. The molecule has 0 aliphatic carbocycles. The van der Waals surface area contributed by atoms with Crippen LogP contribution in [0.25, 0.3) is 0 Å². The maximum absolute atomic E-state index is 12.3. The summed E-state index contributed by atoms with van der Waals surface area (Å²) in [5.74, 6) is 0.880. The van der Waals surface area contributed by atoms with Crippen LogP contribution in [-0.2, 0) is 4.79 Å². The summed E-state index contributed by atoms with van der Waals surface area (Å²) in [6.07, 6.45) is 4.05. The number of hydrogen-bond acceptors (Lipinski definition) is 3. The predicted molar refractivity (Wildman–Crippen MR) is 90.7 cm³/mol. The summed E-state index contributed by atoms with van der Waals surface area (Å²) in [5, 5.41) is 6.58. The first kappa shape index (κ1) is 17.0. The van der Waals surface area contributed by atoms with Crippen LogP contribution in [0.2, 0.25) is 0 Å². The lowest BCUT2D eigenvalue weighted by atomic mass is 9.93. The molecule has 1 aromatic carbocycles. The molecule has 1 saturated heterocycles. The number of hydrogen-bond donors (Lipinski definition) is 2. The van der Waals surface area contributed by atoms with Crippen LogP contribution >= 0.6 is 0 Å². The molecule has 2 rings (SSSR count). The highest BCUT2D eigenvalue weighted by Crippen LogP contribution is 2.19. The van der Waals surface area contributed by atoms with Gasteiger partial charge >= 0.3 is 0 Å². The second-order valence-electron chi connectivity index (χ2n) is 6.53. The van der Waals surface area contributed by atoms with Gasteiger partial charge in [0.25, 0.3) is 0 Å². The van der Waals surface area contributed by atoms with Crippen LogP contribution in [0.5, 0.6) is 0 Å². The molecule has 1 atom stereocenters. The Balaban J connectivity index is 1.84. The van der Waals surface area contributed by atoms with Crippen molar-refractivity contribution in [2.24, 2.45) is 5.92 Å². The Labute approximate surface area is 134 Å². The summed E-state index contributed by atoms with van der Waals surface area (Å²) in [5.41, 5.74) is 1.17. The molecule has 2 N–H and O–H groups in total. The van der Waals surface area contributed by atoms with E-state index in [1.807, 2.05) is 32.3 Å². The molecule has 1 aliphatic rings. The van der Waals surface area contributed by atoms with Crippen molar-refractivity contribution in [2.75, 3.05) is 33.7 Å². The van der Waals surface area contributed by atoms with Crippen molar-refractivity contribution in [2.45, 2.75) is 31.7 Å². The molecule has 0 saturated carbocycles. The predicted octanol–water partition coefficient (Wildman–Crippen LogP) is 2.19. The number of carbonyl (C=O) groups excluding carboxylic acids is 1. The molecule has 0 radical (unpaired) electrons. The molecule has 1 heterocycles. The zero-order valence-corrected chi connectivity index (χ0v) is 13.8. The normalized spacial score (nSPS) is 17.4. The van der Waals surface area contributed by atoms with Crippen molar-refractivity contribution in [3.8, 4) is 0 Å². The number of nitrogens with zero attached hydrogens (tertiary/aromatic N) is 1. The highest BCUT2D eigenvalue weighted by Gasteiger charge is 2.18. The quantitative estimate of drug-likeness (QED) is 0.811. The van der Waals surface area contributed by atoms with Crippen molar-refractivity contribution in [3.63, 3.8) is 0 Å². The summed E-state index contributed by atoms with van der Waals surface area (Å²) >= 11 is 0. The van der Waals surface area contributed by atoms with Gasteiger partial charge < -0.3 is 15.5 Å². The standard InChI is InChI=1S/C18H29N3O/c1-21(2)14-17(16-6-4-3-5-7-16)20-18(22)9-8-15-10-12-19-13-11-15/h3-7,15,17,19H,8-14H2,1-2H3,(H,20,22). The van der Waals surface area contributed by atoms with Crippen LogP contribution in [0.15, 0.2) is 30.3 Å². The lowest BCUT2D eigenvalue weighted by Crippen LogP contribution is -2.35. The van der Waals surface area contributed by atoms with Crippen molar-refractivity contribution >= 4 is 5.91 Å². The van der Waals surface area contributed by atoms with Gasteiger partial charge in [0, 0.05) is 13.0 Å².